The monoisotopic (exact) mass is 712 g/mol. The minimum atomic E-state index is -4.67. The predicted octanol–water partition coefficient (Wildman–Crippen LogP) is -17.0. The van der Waals surface area contributed by atoms with E-state index in [1.807, 2.05) is 0 Å². The van der Waals surface area contributed by atoms with E-state index in [9.17, 15) is 0 Å². The molecule has 27 nitrogen and oxygen atoms in total. The SMILES string of the molecule is O.O.O.O.O.O.O.O.O.O.O.O.O.O.O.O.O.O.O.O=S(=O)(O)O.O=S(=O)(O)O.[Ni].[Ni].[Ni]. The van der Waals surface area contributed by atoms with E-state index in [1.54, 1.807) is 0 Å². The molecule has 246 valence electrons. The maximum atomic E-state index is 8.74. The van der Waals surface area contributed by atoms with E-state index < -0.39 is 20.8 Å². The summed E-state index contributed by atoms with van der Waals surface area (Å²) >= 11 is 0. The fraction of sp³-hybridized carbons (Fsp3) is 0. The maximum absolute atomic E-state index is 8.74. The van der Waals surface area contributed by atoms with Crippen LogP contribution in [0, 0.1) is 0 Å². The van der Waals surface area contributed by atoms with Crippen LogP contribution in [0.1, 0.15) is 0 Å². The van der Waals surface area contributed by atoms with Gasteiger partial charge in [-0.1, -0.05) is 0 Å². The topological polar surface area (TPSA) is 748 Å². The molecule has 0 heterocycles. The van der Waals surface area contributed by atoms with Gasteiger partial charge in [0.25, 0.3) is 0 Å². The van der Waals surface area contributed by atoms with Crippen molar-refractivity contribution in [2.24, 2.45) is 0 Å². The Morgan fingerprint density at radius 3 is 0.250 bits per heavy atom. The predicted molar refractivity (Wildman–Crippen MR) is 97.0 cm³/mol. The van der Waals surface area contributed by atoms with Gasteiger partial charge in [-0.2, -0.15) is 16.8 Å². The summed E-state index contributed by atoms with van der Waals surface area (Å²) in [6.45, 7) is 0. The molecule has 0 aromatic heterocycles. The maximum Gasteiger partial charge on any atom is 0.394 e. The second-order valence-electron chi connectivity index (χ2n) is 0.896. The molecule has 0 saturated carbocycles. The zero-order valence-electron chi connectivity index (χ0n) is 14.7. The summed E-state index contributed by atoms with van der Waals surface area (Å²) in [7, 11) is -9.33. The minimum absolute atomic E-state index is 0. The van der Waals surface area contributed by atoms with Gasteiger partial charge in [0.05, 0.1) is 0 Å². The van der Waals surface area contributed by atoms with Crippen LogP contribution in [0.15, 0.2) is 0 Å². The van der Waals surface area contributed by atoms with Gasteiger partial charge in [0, 0.05) is 49.5 Å². The molecule has 0 aromatic rings. The van der Waals surface area contributed by atoms with Crippen LogP contribution in [0.25, 0.3) is 0 Å². The second kappa shape index (κ2) is 188. The first-order valence-electron chi connectivity index (χ1n) is 1.40. The summed E-state index contributed by atoms with van der Waals surface area (Å²) < 4.78 is 63.2. The Labute approximate surface area is 209 Å². The van der Waals surface area contributed by atoms with Crippen LogP contribution in [0.3, 0.4) is 0 Å². The second-order valence-corrected chi connectivity index (χ2v) is 2.69. The third-order valence-electron chi connectivity index (χ3n) is 0. The number of hydrogen-bond acceptors (Lipinski definition) is 4. The Kier molecular flexibility index (Phi) is 2640. The minimum Gasteiger partial charge on any atom is -0.412 e. The zero-order valence-corrected chi connectivity index (χ0v) is 19.3. The largest absolute Gasteiger partial charge is 0.412 e. The molecule has 0 amide bonds. The molecule has 0 aromatic carbocycles. The molecule has 0 spiro atoms. The summed E-state index contributed by atoms with van der Waals surface area (Å²) in [5, 5.41) is 0. The third-order valence-corrected chi connectivity index (χ3v) is 0. The van der Waals surface area contributed by atoms with E-state index in [1.165, 1.54) is 0 Å². The van der Waals surface area contributed by atoms with Crippen molar-refractivity contribution in [3.05, 3.63) is 0 Å². The van der Waals surface area contributed by atoms with Gasteiger partial charge in [0.2, 0.25) is 0 Å². The first-order chi connectivity index (χ1) is 4.00. The van der Waals surface area contributed by atoms with E-state index in [2.05, 4.69) is 0 Å². The van der Waals surface area contributed by atoms with Crippen molar-refractivity contribution in [1.29, 1.82) is 0 Å². The Bertz CT molecular complexity index is 221. The fourth-order valence-corrected chi connectivity index (χ4v) is 0. The van der Waals surface area contributed by atoms with Crippen molar-refractivity contribution in [1.82, 2.24) is 0 Å². The zero-order chi connectivity index (χ0) is 9.00. The third kappa shape index (κ3) is 125000. The van der Waals surface area contributed by atoms with Crippen LogP contribution < -0.4 is 0 Å². The van der Waals surface area contributed by atoms with Crippen molar-refractivity contribution < 1.29 is 189 Å². The average Bonchev–Trinajstić information content (AvgIpc) is 1.12. The summed E-state index contributed by atoms with van der Waals surface area (Å²) in [6.07, 6.45) is 0. The molecule has 42 N–H and O–H groups in total. The quantitative estimate of drug-likeness (QED) is 0.137. The molecule has 0 aliphatic carbocycles. The summed E-state index contributed by atoms with van der Waals surface area (Å²) in [4.78, 5) is 0. The van der Waals surface area contributed by atoms with Crippen molar-refractivity contribution in [2.75, 3.05) is 0 Å². The van der Waals surface area contributed by atoms with Crippen molar-refractivity contribution in [3.63, 3.8) is 0 Å². The number of hydrogen-bond donors (Lipinski definition) is 4. The van der Waals surface area contributed by atoms with E-state index >= 15 is 0 Å². The molecule has 0 aliphatic rings. The van der Waals surface area contributed by atoms with Crippen LogP contribution in [0.5, 0.6) is 0 Å². The Morgan fingerprint density at radius 2 is 0.250 bits per heavy atom. The van der Waals surface area contributed by atoms with Crippen LogP contribution in [0.4, 0.5) is 0 Å². The van der Waals surface area contributed by atoms with E-state index in [0.29, 0.717) is 0 Å². The van der Waals surface area contributed by atoms with Crippen molar-refractivity contribution in [2.45, 2.75) is 0 Å². The molecule has 0 aliphatic heterocycles. The summed E-state index contributed by atoms with van der Waals surface area (Å²) in [5.41, 5.74) is 0. The summed E-state index contributed by atoms with van der Waals surface area (Å²) in [6, 6.07) is 0. The van der Waals surface area contributed by atoms with Gasteiger partial charge in [-0.25, -0.2) is 0 Å². The Hall–Kier alpha value is 0.461. The molecule has 0 fully saturated rings. The molecule has 0 bridgehead atoms. The van der Waals surface area contributed by atoms with Gasteiger partial charge in [0.1, 0.15) is 0 Å². The van der Waals surface area contributed by atoms with Crippen LogP contribution in [-0.2, 0) is 70.3 Å². The van der Waals surface area contributed by atoms with Crippen LogP contribution in [0.2, 0.25) is 0 Å². The molecule has 32 heteroatoms. The van der Waals surface area contributed by atoms with Gasteiger partial charge in [0.15, 0.2) is 0 Å². The molecular formula is H42Ni3O27S2. The van der Waals surface area contributed by atoms with Gasteiger partial charge >= 0.3 is 20.8 Å². The molecule has 0 rings (SSSR count). The average molecular weight is 715 g/mol. The first kappa shape index (κ1) is 449. The van der Waals surface area contributed by atoms with E-state index in [-0.39, 0.29) is 154 Å². The van der Waals surface area contributed by atoms with Gasteiger partial charge < -0.3 is 104 Å². The van der Waals surface area contributed by atoms with E-state index in [4.69, 9.17) is 35.0 Å². The van der Waals surface area contributed by atoms with Gasteiger partial charge in [-0.05, 0) is 0 Å². The smallest absolute Gasteiger partial charge is 0.394 e. The standard InChI is InChI=1S/3Ni.2H2O4S.19H2O/c;;;2*1-5(2,3)4;;;;;;;;;;;;;;;;;;;/h;;;2*(H2,1,2,3,4);19*1H2. The molecule has 0 saturated heterocycles. The van der Waals surface area contributed by atoms with Gasteiger partial charge in [-0.3, -0.25) is 18.2 Å². The first-order valence-corrected chi connectivity index (χ1v) is 4.19. The van der Waals surface area contributed by atoms with Crippen molar-refractivity contribution in [3.8, 4) is 0 Å². The van der Waals surface area contributed by atoms with Crippen LogP contribution >= 0.6 is 0 Å². The Morgan fingerprint density at radius 1 is 0.250 bits per heavy atom. The van der Waals surface area contributed by atoms with Gasteiger partial charge in [-0.15, -0.1) is 0 Å². The van der Waals surface area contributed by atoms with E-state index in [0.717, 1.165) is 0 Å². The molecular weight excluding hydrogens is 672 g/mol. The summed E-state index contributed by atoms with van der Waals surface area (Å²) in [5.74, 6) is 0. The molecule has 0 atom stereocenters. The van der Waals surface area contributed by atoms with Crippen LogP contribution in [-0.4, -0.2) is 139 Å². The fourth-order valence-electron chi connectivity index (χ4n) is 0. The normalized spacial score (nSPS) is 3.62. The molecule has 32 heavy (non-hydrogen) atoms. The molecule has 0 radical (unpaired) electrons. The Balaban J connectivity index is -0.00000000108. The molecule has 0 unspecified atom stereocenters. The number of rotatable bonds is 0. The van der Waals surface area contributed by atoms with Crippen molar-refractivity contribution >= 4 is 20.8 Å².